The number of hydrogen-bond acceptors (Lipinski definition) is 5. The molecule has 0 fully saturated rings. The molecule has 1 atom stereocenters. The summed E-state index contributed by atoms with van der Waals surface area (Å²) in [5.41, 5.74) is 1.97. The van der Waals surface area contributed by atoms with Crippen molar-refractivity contribution in [1.82, 2.24) is 15.3 Å². The summed E-state index contributed by atoms with van der Waals surface area (Å²) in [6, 6.07) is 10.7. The van der Waals surface area contributed by atoms with Gasteiger partial charge in [0.25, 0.3) is 5.91 Å². The Bertz CT molecular complexity index is 1050. The van der Waals surface area contributed by atoms with Crippen LogP contribution in [0.4, 0.5) is 5.13 Å². The molecule has 4 aromatic rings. The summed E-state index contributed by atoms with van der Waals surface area (Å²) in [5.74, 6) is -0.552. The number of H-pyrrole nitrogens is 1. The third kappa shape index (κ3) is 3.91. The van der Waals surface area contributed by atoms with Crippen molar-refractivity contribution < 1.29 is 9.59 Å². The van der Waals surface area contributed by atoms with Crippen LogP contribution in [0.1, 0.15) is 15.2 Å². The van der Waals surface area contributed by atoms with Crippen LogP contribution in [-0.4, -0.2) is 27.8 Å². The van der Waals surface area contributed by atoms with Gasteiger partial charge in [-0.15, -0.1) is 22.7 Å². The van der Waals surface area contributed by atoms with Crippen molar-refractivity contribution in [2.24, 2.45) is 0 Å². The van der Waals surface area contributed by atoms with E-state index in [9.17, 15) is 9.59 Å². The number of thiazole rings is 1. The highest BCUT2D eigenvalue weighted by Gasteiger charge is 2.24. The Morgan fingerprint density at radius 2 is 2.00 bits per heavy atom. The maximum Gasteiger partial charge on any atom is 0.262 e. The number of carbonyl (C=O) groups is 2. The Kier molecular flexibility index (Phi) is 4.99. The number of nitrogens with zero attached hydrogens (tertiary/aromatic N) is 1. The van der Waals surface area contributed by atoms with Crippen LogP contribution in [0.15, 0.2) is 59.6 Å². The molecule has 6 nitrogen and oxygen atoms in total. The molecule has 27 heavy (non-hydrogen) atoms. The fourth-order valence-corrected chi connectivity index (χ4v) is 4.00. The Morgan fingerprint density at radius 3 is 2.78 bits per heavy atom. The fourth-order valence-electron chi connectivity index (χ4n) is 2.84. The van der Waals surface area contributed by atoms with Crippen LogP contribution in [0, 0.1) is 0 Å². The van der Waals surface area contributed by atoms with Crippen molar-refractivity contribution in [3.05, 3.63) is 70.0 Å². The Morgan fingerprint density at radius 1 is 1.11 bits per heavy atom. The number of fused-ring (bicyclic) bond motifs is 1. The molecule has 0 radical (unpaired) electrons. The van der Waals surface area contributed by atoms with E-state index in [2.05, 4.69) is 20.6 Å². The zero-order valence-corrected chi connectivity index (χ0v) is 15.8. The van der Waals surface area contributed by atoms with Crippen molar-refractivity contribution in [1.29, 1.82) is 0 Å². The molecule has 136 valence electrons. The average molecular weight is 396 g/mol. The quantitative estimate of drug-likeness (QED) is 0.465. The first-order valence-corrected chi connectivity index (χ1v) is 10.1. The summed E-state index contributed by atoms with van der Waals surface area (Å²) in [6.45, 7) is 0. The number of aromatic amines is 1. The van der Waals surface area contributed by atoms with E-state index in [4.69, 9.17) is 0 Å². The van der Waals surface area contributed by atoms with Gasteiger partial charge in [-0.05, 0) is 23.1 Å². The summed E-state index contributed by atoms with van der Waals surface area (Å²) < 4.78 is 0. The summed E-state index contributed by atoms with van der Waals surface area (Å²) in [6.07, 6.45) is 3.88. The lowest BCUT2D eigenvalue weighted by Crippen LogP contribution is -2.45. The number of carbonyl (C=O) groups excluding carboxylic acids is 2. The van der Waals surface area contributed by atoms with Crippen LogP contribution in [0.3, 0.4) is 0 Å². The lowest BCUT2D eigenvalue weighted by molar-refractivity contribution is -0.118. The lowest BCUT2D eigenvalue weighted by Gasteiger charge is -2.17. The first-order valence-electron chi connectivity index (χ1n) is 8.30. The molecule has 8 heteroatoms. The normalized spacial score (nSPS) is 12.0. The number of anilines is 1. The van der Waals surface area contributed by atoms with Gasteiger partial charge in [0, 0.05) is 35.1 Å². The third-order valence-corrected chi connectivity index (χ3v) is 5.69. The maximum absolute atomic E-state index is 12.8. The summed E-state index contributed by atoms with van der Waals surface area (Å²) >= 11 is 2.68. The number of para-hydroxylation sites is 1. The molecule has 3 heterocycles. The lowest BCUT2D eigenvalue weighted by atomic mass is 10.0. The van der Waals surface area contributed by atoms with E-state index in [0.717, 1.165) is 16.5 Å². The maximum atomic E-state index is 12.8. The van der Waals surface area contributed by atoms with Crippen molar-refractivity contribution >= 4 is 50.5 Å². The summed E-state index contributed by atoms with van der Waals surface area (Å²) in [5, 5.41) is 10.8. The molecular formula is C19H16N4O2S2. The number of nitrogens with one attached hydrogen (secondary N) is 3. The number of benzene rings is 1. The number of thiophene rings is 1. The highest BCUT2D eigenvalue weighted by atomic mass is 32.1. The molecule has 2 amide bonds. The molecule has 0 bridgehead atoms. The van der Waals surface area contributed by atoms with Crippen molar-refractivity contribution in [3.8, 4) is 0 Å². The first kappa shape index (κ1) is 17.4. The molecule has 0 saturated carbocycles. The number of aromatic nitrogens is 2. The summed E-state index contributed by atoms with van der Waals surface area (Å²) in [4.78, 5) is 33.2. The second kappa shape index (κ2) is 7.73. The minimum absolute atomic E-state index is 0.260. The van der Waals surface area contributed by atoms with Gasteiger partial charge in [-0.3, -0.25) is 9.59 Å². The van der Waals surface area contributed by atoms with Gasteiger partial charge in [0.1, 0.15) is 6.04 Å². The van der Waals surface area contributed by atoms with Crippen LogP contribution >= 0.6 is 22.7 Å². The molecular weight excluding hydrogens is 380 g/mol. The second-order valence-electron chi connectivity index (χ2n) is 5.89. The van der Waals surface area contributed by atoms with Gasteiger partial charge in [-0.2, -0.15) is 0 Å². The number of hydrogen-bond donors (Lipinski definition) is 3. The van der Waals surface area contributed by atoms with Gasteiger partial charge in [0.05, 0.1) is 4.88 Å². The van der Waals surface area contributed by atoms with Crippen LogP contribution in [0.2, 0.25) is 0 Å². The van der Waals surface area contributed by atoms with E-state index < -0.39 is 6.04 Å². The molecule has 1 unspecified atom stereocenters. The van der Waals surface area contributed by atoms with Crippen LogP contribution in [0.25, 0.3) is 10.9 Å². The highest BCUT2D eigenvalue weighted by Crippen LogP contribution is 2.20. The van der Waals surface area contributed by atoms with Gasteiger partial charge < -0.3 is 15.6 Å². The van der Waals surface area contributed by atoms with Gasteiger partial charge in [0.15, 0.2) is 5.13 Å². The standard InChI is InChI=1S/C19H16N4O2S2/c24-17(23-19-20-7-9-27-19)15(22-18(25)16-6-3-8-26-16)10-12-11-21-14-5-2-1-4-13(12)14/h1-9,11,15,21H,10H2,(H,22,25)(H,20,23,24). The van der Waals surface area contributed by atoms with E-state index in [1.807, 2.05) is 41.9 Å². The van der Waals surface area contributed by atoms with E-state index in [-0.39, 0.29) is 11.8 Å². The largest absolute Gasteiger partial charge is 0.361 e. The Hall–Kier alpha value is -2.97. The topological polar surface area (TPSA) is 86.9 Å². The minimum Gasteiger partial charge on any atom is -0.361 e. The molecule has 1 aromatic carbocycles. The van der Waals surface area contributed by atoms with Gasteiger partial charge in [0.2, 0.25) is 5.91 Å². The van der Waals surface area contributed by atoms with Gasteiger partial charge in [-0.1, -0.05) is 24.3 Å². The fraction of sp³-hybridized carbons (Fsp3) is 0.105. The molecule has 0 aliphatic rings. The van der Waals surface area contributed by atoms with Crippen LogP contribution in [0.5, 0.6) is 0 Å². The van der Waals surface area contributed by atoms with Crippen molar-refractivity contribution in [2.75, 3.05) is 5.32 Å². The highest BCUT2D eigenvalue weighted by molar-refractivity contribution is 7.13. The Labute approximate surface area is 163 Å². The zero-order chi connectivity index (χ0) is 18.6. The van der Waals surface area contributed by atoms with Crippen LogP contribution < -0.4 is 10.6 Å². The van der Waals surface area contributed by atoms with E-state index in [1.165, 1.54) is 22.7 Å². The van der Waals surface area contributed by atoms with E-state index in [1.54, 1.807) is 17.6 Å². The number of amides is 2. The predicted octanol–water partition coefficient (Wildman–Crippen LogP) is 3.67. The Balaban J connectivity index is 1.58. The molecule has 0 spiro atoms. The van der Waals surface area contributed by atoms with Gasteiger partial charge >= 0.3 is 0 Å². The summed E-state index contributed by atoms with van der Waals surface area (Å²) in [7, 11) is 0. The minimum atomic E-state index is -0.720. The first-order chi connectivity index (χ1) is 13.2. The third-order valence-electron chi connectivity index (χ3n) is 4.13. The monoisotopic (exact) mass is 396 g/mol. The van der Waals surface area contributed by atoms with Crippen molar-refractivity contribution in [3.63, 3.8) is 0 Å². The molecule has 3 N–H and O–H groups in total. The van der Waals surface area contributed by atoms with Crippen LogP contribution in [-0.2, 0) is 11.2 Å². The second-order valence-corrected chi connectivity index (χ2v) is 7.74. The zero-order valence-electron chi connectivity index (χ0n) is 14.1. The molecule has 0 aliphatic heterocycles. The average Bonchev–Trinajstić information content (AvgIpc) is 3.43. The SMILES string of the molecule is O=C(NC(Cc1c[nH]c2ccccc12)C(=O)Nc1nccs1)c1cccs1. The van der Waals surface area contributed by atoms with E-state index >= 15 is 0 Å². The predicted molar refractivity (Wildman–Crippen MR) is 108 cm³/mol. The molecule has 0 saturated heterocycles. The van der Waals surface area contributed by atoms with Crippen molar-refractivity contribution in [2.45, 2.75) is 12.5 Å². The molecule has 4 rings (SSSR count). The smallest absolute Gasteiger partial charge is 0.262 e. The van der Waals surface area contributed by atoms with E-state index in [0.29, 0.717) is 16.4 Å². The number of rotatable bonds is 6. The molecule has 3 aromatic heterocycles. The van der Waals surface area contributed by atoms with Gasteiger partial charge in [-0.25, -0.2) is 4.98 Å². The molecule has 0 aliphatic carbocycles.